The van der Waals surface area contributed by atoms with Crippen LogP contribution in [0.25, 0.3) is 6.08 Å². The van der Waals surface area contributed by atoms with Crippen molar-refractivity contribution in [1.82, 2.24) is 5.32 Å². The SMILES string of the molecule is OCCNC/C=C/c1c(F)c(F)c(F)c(F)c1F.[Cl-]. The molecule has 108 valence electrons. The number of nitrogens with one attached hydrogen (secondary N) is 1. The van der Waals surface area contributed by atoms with Crippen molar-refractivity contribution in [2.75, 3.05) is 19.7 Å². The van der Waals surface area contributed by atoms with E-state index < -0.39 is 34.6 Å². The van der Waals surface area contributed by atoms with Gasteiger partial charge in [0.15, 0.2) is 23.3 Å². The van der Waals surface area contributed by atoms with Crippen LogP contribution in [0.3, 0.4) is 0 Å². The number of hydrogen-bond acceptors (Lipinski definition) is 2. The third kappa shape index (κ3) is 4.15. The monoisotopic (exact) mass is 302 g/mol. The molecule has 19 heavy (non-hydrogen) atoms. The van der Waals surface area contributed by atoms with Crippen LogP contribution in [-0.4, -0.2) is 24.8 Å². The number of aliphatic hydroxyl groups excluding tert-OH is 1. The van der Waals surface area contributed by atoms with Crippen molar-refractivity contribution >= 4 is 6.08 Å². The Labute approximate surface area is 112 Å². The molecule has 0 aliphatic rings. The number of rotatable bonds is 5. The van der Waals surface area contributed by atoms with Gasteiger partial charge in [0.2, 0.25) is 5.82 Å². The normalized spacial score (nSPS) is 10.8. The Kier molecular flexibility index (Phi) is 7.58. The van der Waals surface area contributed by atoms with Gasteiger partial charge in [0.05, 0.1) is 12.2 Å². The van der Waals surface area contributed by atoms with E-state index >= 15 is 0 Å². The predicted octanol–water partition coefficient (Wildman–Crippen LogP) is -1.02. The fraction of sp³-hybridized carbons (Fsp3) is 0.273. The van der Waals surface area contributed by atoms with E-state index in [9.17, 15) is 22.0 Å². The standard InChI is InChI=1S/C11H10F5NO.ClH/c12-7-6(2-1-3-17-4-5-18)8(13)10(15)11(16)9(7)14;/h1-2,17-18H,3-5H2;1H/p-1/b2-1+;. The minimum absolute atomic E-state index is 0. The molecular formula is C11H10ClF5NO-. The van der Waals surface area contributed by atoms with E-state index in [1.54, 1.807) is 0 Å². The molecule has 1 aromatic rings. The fourth-order valence-electron chi connectivity index (χ4n) is 1.21. The first-order chi connectivity index (χ1) is 8.50. The van der Waals surface area contributed by atoms with Crippen LogP contribution in [0.15, 0.2) is 6.08 Å². The lowest BCUT2D eigenvalue weighted by Gasteiger charge is -2.04. The van der Waals surface area contributed by atoms with Crippen molar-refractivity contribution in [1.29, 1.82) is 0 Å². The summed E-state index contributed by atoms with van der Waals surface area (Å²) in [7, 11) is 0. The lowest BCUT2D eigenvalue weighted by atomic mass is 10.1. The van der Waals surface area contributed by atoms with Crippen LogP contribution < -0.4 is 17.7 Å². The van der Waals surface area contributed by atoms with Gasteiger partial charge in [-0.25, -0.2) is 22.0 Å². The van der Waals surface area contributed by atoms with Crippen LogP contribution in [0.5, 0.6) is 0 Å². The summed E-state index contributed by atoms with van der Waals surface area (Å²) >= 11 is 0. The molecule has 0 radical (unpaired) electrons. The summed E-state index contributed by atoms with van der Waals surface area (Å²) in [4.78, 5) is 0. The summed E-state index contributed by atoms with van der Waals surface area (Å²) in [5.74, 6) is -9.87. The highest BCUT2D eigenvalue weighted by Gasteiger charge is 2.23. The third-order valence-corrected chi connectivity index (χ3v) is 2.08. The predicted molar refractivity (Wildman–Crippen MR) is 55.2 cm³/mol. The van der Waals surface area contributed by atoms with Crippen molar-refractivity contribution < 1.29 is 39.5 Å². The Morgan fingerprint density at radius 3 is 1.84 bits per heavy atom. The van der Waals surface area contributed by atoms with Gasteiger partial charge in [-0.05, 0) is 0 Å². The second-order valence-corrected chi connectivity index (χ2v) is 3.31. The molecule has 0 fully saturated rings. The highest BCUT2D eigenvalue weighted by Crippen LogP contribution is 2.23. The van der Waals surface area contributed by atoms with Gasteiger partial charge in [0, 0.05) is 13.1 Å². The summed E-state index contributed by atoms with van der Waals surface area (Å²) in [5, 5.41) is 11.1. The topological polar surface area (TPSA) is 32.3 Å². The molecule has 0 aliphatic carbocycles. The van der Waals surface area contributed by atoms with Crippen molar-refractivity contribution in [2.45, 2.75) is 0 Å². The first-order valence-electron chi connectivity index (χ1n) is 5.00. The third-order valence-electron chi connectivity index (χ3n) is 2.08. The Hall–Kier alpha value is -1.18. The quantitative estimate of drug-likeness (QED) is 0.316. The molecule has 0 saturated carbocycles. The Bertz CT molecular complexity index is 438. The van der Waals surface area contributed by atoms with Gasteiger partial charge in [-0.1, -0.05) is 12.2 Å². The van der Waals surface area contributed by atoms with Crippen LogP contribution in [0, 0.1) is 29.1 Å². The summed E-state index contributed by atoms with van der Waals surface area (Å²) < 4.78 is 64.6. The average molecular weight is 303 g/mol. The zero-order chi connectivity index (χ0) is 13.7. The van der Waals surface area contributed by atoms with Crippen molar-refractivity contribution in [3.8, 4) is 0 Å². The maximum Gasteiger partial charge on any atom is 0.200 e. The van der Waals surface area contributed by atoms with Gasteiger partial charge in [-0.2, -0.15) is 0 Å². The molecule has 1 aromatic carbocycles. The van der Waals surface area contributed by atoms with Crippen molar-refractivity contribution in [3.05, 3.63) is 40.7 Å². The lowest BCUT2D eigenvalue weighted by Crippen LogP contribution is -3.00. The van der Waals surface area contributed by atoms with Crippen LogP contribution in [0.4, 0.5) is 22.0 Å². The molecule has 0 bridgehead atoms. The summed E-state index contributed by atoms with van der Waals surface area (Å²) in [6.07, 6.45) is 1.98. The minimum Gasteiger partial charge on any atom is -1.00 e. The van der Waals surface area contributed by atoms with Gasteiger partial charge in [0.1, 0.15) is 0 Å². The number of aliphatic hydroxyl groups is 1. The first-order valence-corrected chi connectivity index (χ1v) is 5.00. The molecule has 0 aliphatic heterocycles. The second kappa shape index (κ2) is 8.08. The second-order valence-electron chi connectivity index (χ2n) is 3.31. The number of hydrogen-bond donors (Lipinski definition) is 2. The minimum atomic E-state index is -2.18. The molecule has 0 atom stereocenters. The van der Waals surface area contributed by atoms with Crippen molar-refractivity contribution in [2.24, 2.45) is 0 Å². The maximum atomic E-state index is 13.1. The molecular weight excluding hydrogens is 293 g/mol. The zero-order valence-electron chi connectivity index (χ0n) is 9.49. The van der Waals surface area contributed by atoms with Crippen LogP contribution >= 0.6 is 0 Å². The number of halogens is 6. The lowest BCUT2D eigenvalue weighted by molar-refractivity contribution is -0.00000724. The van der Waals surface area contributed by atoms with Gasteiger partial charge in [-0.3, -0.25) is 0 Å². The van der Waals surface area contributed by atoms with E-state index in [4.69, 9.17) is 5.11 Å². The van der Waals surface area contributed by atoms with Gasteiger partial charge in [0.25, 0.3) is 0 Å². The maximum absolute atomic E-state index is 13.1. The van der Waals surface area contributed by atoms with E-state index in [1.165, 1.54) is 6.08 Å². The number of benzene rings is 1. The van der Waals surface area contributed by atoms with E-state index in [0.717, 1.165) is 6.08 Å². The van der Waals surface area contributed by atoms with Crippen LogP contribution in [-0.2, 0) is 0 Å². The van der Waals surface area contributed by atoms with Gasteiger partial charge in [-0.15, -0.1) is 0 Å². The van der Waals surface area contributed by atoms with Gasteiger partial charge >= 0.3 is 0 Å². The molecule has 8 heteroatoms. The molecule has 0 heterocycles. The molecule has 0 amide bonds. The molecule has 2 nitrogen and oxygen atoms in total. The van der Waals surface area contributed by atoms with E-state index in [2.05, 4.69) is 5.32 Å². The average Bonchev–Trinajstić information content (AvgIpc) is 2.37. The van der Waals surface area contributed by atoms with E-state index in [-0.39, 0.29) is 32.1 Å². The van der Waals surface area contributed by atoms with Crippen LogP contribution in [0.1, 0.15) is 5.56 Å². The van der Waals surface area contributed by atoms with Crippen LogP contribution in [0.2, 0.25) is 0 Å². The van der Waals surface area contributed by atoms with Crippen molar-refractivity contribution in [3.63, 3.8) is 0 Å². The van der Waals surface area contributed by atoms with E-state index in [0.29, 0.717) is 0 Å². The Morgan fingerprint density at radius 1 is 0.895 bits per heavy atom. The molecule has 0 spiro atoms. The zero-order valence-corrected chi connectivity index (χ0v) is 10.2. The smallest absolute Gasteiger partial charge is 0.200 e. The Balaban J connectivity index is 0.00000324. The van der Waals surface area contributed by atoms with Gasteiger partial charge < -0.3 is 22.8 Å². The molecule has 1 rings (SSSR count). The van der Waals surface area contributed by atoms with E-state index in [1.807, 2.05) is 0 Å². The molecule has 0 unspecified atom stereocenters. The largest absolute Gasteiger partial charge is 1.00 e. The molecule has 0 saturated heterocycles. The summed E-state index contributed by atoms with van der Waals surface area (Å²) in [5.41, 5.74) is -0.989. The highest BCUT2D eigenvalue weighted by atomic mass is 35.5. The molecule has 2 N–H and O–H groups in total. The Morgan fingerprint density at radius 2 is 1.37 bits per heavy atom. The molecule has 0 aromatic heterocycles. The fourth-order valence-corrected chi connectivity index (χ4v) is 1.21. The highest BCUT2D eigenvalue weighted by molar-refractivity contribution is 5.51. The first kappa shape index (κ1) is 17.8. The summed E-state index contributed by atoms with van der Waals surface area (Å²) in [6, 6.07) is 0. The summed E-state index contributed by atoms with van der Waals surface area (Å²) in [6.45, 7) is 0.248.